The summed E-state index contributed by atoms with van der Waals surface area (Å²) in [5.74, 6) is 0.724. The van der Waals surface area contributed by atoms with Crippen LogP contribution in [0.15, 0.2) is 0 Å². The van der Waals surface area contributed by atoms with Gasteiger partial charge in [0.25, 0.3) is 0 Å². The Bertz CT molecular complexity index is 172. The van der Waals surface area contributed by atoms with Gasteiger partial charge in [-0.05, 0) is 31.6 Å². The summed E-state index contributed by atoms with van der Waals surface area (Å²) in [5.41, 5.74) is 0. The SMILES string of the molecule is CCCCCC(CCC)C1CCCCN1O. The van der Waals surface area contributed by atoms with E-state index in [1.165, 1.54) is 57.8 Å². The van der Waals surface area contributed by atoms with Gasteiger partial charge in [0.05, 0.1) is 0 Å². The van der Waals surface area contributed by atoms with Gasteiger partial charge in [0.15, 0.2) is 0 Å². The Balaban J connectivity index is 2.39. The van der Waals surface area contributed by atoms with Crippen LogP contribution in [0.4, 0.5) is 0 Å². The van der Waals surface area contributed by atoms with E-state index in [1.807, 2.05) is 0 Å². The number of unbranched alkanes of at least 4 members (excludes halogenated alkanes) is 2. The fourth-order valence-electron chi connectivity index (χ4n) is 2.98. The van der Waals surface area contributed by atoms with E-state index in [4.69, 9.17) is 0 Å². The number of hydrogen-bond acceptors (Lipinski definition) is 2. The Morgan fingerprint density at radius 1 is 1.12 bits per heavy atom. The lowest BCUT2D eigenvalue weighted by Gasteiger charge is -2.36. The van der Waals surface area contributed by atoms with Crippen LogP contribution in [0.3, 0.4) is 0 Å². The maximum Gasteiger partial charge on any atom is 0.0378 e. The van der Waals surface area contributed by atoms with E-state index < -0.39 is 0 Å². The molecule has 0 saturated carbocycles. The van der Waals surface area contributed by atoms with E-state index in [0.717, 1.165) is 12.5 Å². The van der Waals surface area contributed by atoms with E-state index in [1.54, 1.807) is 5.06 Å². The molecular weight excluding hydrogens is 198 g/mol. The molecule has 1 fully saturated rings. The standard InChI is InChI=1S/C14H29NO/c1-3-5-6-10-13(9-4-2)14-11-7-8-12-15(14)16/h13-14,16H,3-12H2,1-2H3. The van der Waals surface area contributed by atoms with Gasteiger partial charge in [0.2, 0.25) is 0 Å². The highest BCUT2D eigenvalue weighted by atomic mass is 16.5. The van der Waals surface area contributed by atoms with Crippen molar-refractivity contribution < 1.29 is 5.21 Å². The highest BCUT2D eigenvalue weighted by molar-refractivity contribution is 4.79. The Kier molecular flexibility index (Phi) is 7.06. The minimum atomic E-state index is 0.450. The Morgan fingerprint density at radius 3 is 2.56 bits per heavy atom. The molecule has 1 aliphatic rings. The predicted molar refractivity (Wildman–Crippen MR) is 68.7 cm³/mol. The molecule has 2 heteroatoms. The molecule has 0 aliphatic carbocycles. The van der Waals surface area contributed by atoms with Crippen molar-refractivity contribution in [3.8, 4) is 0 Å². The zero-order valence-electron chi connectivity index (χ0n) is 11.1. The third-order valence-corrected chi connectivity index (χ3v) is 3.90. The molecule has 1 N–H and O–H groups in total. The van der Waals surface area contributed by atoms with Crippen LogP contribution >= 0.6 is 0 Å². The van der Waals surface area contributed by atoms with Gasteiger partial charge in [-0.1, -0.05) is 46.0 Å². The molecule has 2 atom stereocenters. The third-order valence-electron chi connectivity index (χ3n) is 3.90. The largest absolute Gasteiger partial charge is 0.314 e. The molecule has 2 unspecified atom stereocenters. The van der Waals surface area contributed by atoms with Crippen molar-refractivity contribution in [2.24, 2.45) is 5.92 Å². The minimum Gasteiger partial charge on any atom is -0.314 e. The second kappa shape index (κ2) is 8.08. The van der Waals surface area contributed by atoms with Gasteiger partial charge in [0, 0.05) is 12.6 Å². The van der Waals surface area contributed by atoms with E-state index in [2.05, 4.69) is 13.8 Å². The first-order valence-corrected chi connectivity index (χ1v) is 7.25. The molecule has 2 nitrogen and oxygen atoms in total. The fraction of sp³-hybridized carbons (Fsp3) is 1.00. The molecule has 0 spiro atoms. The van der Waals surface area contributed by atoms with E-state index in [0.29, 0.717) is 6.04 Å². The molecule has 0 amide bonds. The first-order valence-electron chi connectivity index (χ1n) is 7.25. The lowest BCUT2D eigenvalue weighted by Crippen LogP contribution is -2.42. The van der Waals surface area contributed by atoms with Crippen LogP contribution in [0, 0.1) is 5.92 Å². The lowest BCUT2D eigenvalue weighted by molar-refractivity contribution is -0.158. The highest BCUT2D eigenvalue weighted by Crippen LogP contribution is 2.28. The first kappa shape index (κ1) is 14.0. The fourth-order valence-corrected chi connectivity index (χ4v) is 2.98. The summed E-state index contributed by atoms with van der Waals surface area (Å²) in [4.78, 5) is 0. The van der Waals surface area contributed by atoms with E-state index in [-0.39, 0.29) is 0 Å². The molecule has 1 heterocycles. The van der Waals surface area contributed by atoms with Crippen molar-refractivity contribution in [3.05, 3.63) is 0 Å². The molecule has 96 valence electrons. The van der Waals surface area contributed by atoms with Crippen molar-refractivity contribution >= 4 is 0 Å². The quantitative estimate of drug-likeness (QED) is 0.658. The maximum atomic E-state index is 9.96. The summed E-state index contributed by atoms with van der Waals surface area (Å²) in [6.45, 7) is 5.41. The summed E-state index contributed by atoms with van der Waals surface area (Å²) < 4.78 is 0. The van der Waals surface area contributed by atoms with Crippen LogP contribution in [-0.4, -0.2) is 22.9 Å². The van der Waals surface area contributed by atoms with Gasteiger partial charge in [-0.25, -0.2) is 0 Å². The molecule has 1 aliphatic heterocycles. The Morgan fingerprint density at radius 2 is 1.94 bits per heavy atom. The molecule has 1 rings (SSSR count). The van der Waals surface area contributed by atoms with Gasteiger partial charge in [-0.2, -0.15) is 5.06 Å². The third kappa shape index (κ3) is 4.42. The topological polar surface area (TPSA) is 23.5 Å². The normalized spacial score (nSPS) is 24.6. The van der Waals surface area contributed by atoms with Gasteiger partial charge in [0.1, 0.15) is 0 Å². The number of nitrogens with zero attached hydrogens (tertiary/aromatic N) is 1. The Hall–Kier alpha value is -0.0800. The van der Waals surface area contributed by atoms with Crippen molar-refractivity contribution in [1.82, 2.24) is 5.06 Å². The molecule has 0 bridgehead atoms. The number of piperidine rings is 1. The molecule has 0 radical (unpaired) electrons. The van der Waals surface area contributed by atoms with Crippen LogP contribution in [-0.2, 0) is 0 Å². The monoisotopic (exact) mass is 227 g/mol. The second-order valence-corrected chi connectivity index (χ2v) is 5.27. The molecule has 0 aromatic carbocycles. The van der Waals surface area contributed by atoms with Crippen molar-refractivity contribution in [2.45, 2.75) is 77.7 Å². The molecular formula is C14H29NO. The van der Waals surface area contributed by atoms with Crippen molar-refractivity contribution in [3.63, 3.8) is 0 Å². The van der Waals surface area contributed by atoms with Crippen LogP contribution in [0.25, 0.3) is 0 Å². The number of hydroxylamine groups is 2. The zero-order valence-corrected chi connectivity index (χ0v) is 11.1. The predicted octanol–water partition coefficient (Wildman–Crippen LogP) is 4.23. The minimum absolute atomic E-state index is 0.450. The molecule has 1 saturated heterocycles. The maximum absolute atomic E-state index is 9.96. The molecule has 16 heavy (non-hydrogen) atoms. The highest BCUT2D eigenvalue weighted by Gasteiger charge is 2.27. The number of rotatable bonds is 7. The average Bonchev–Trinajstić information content (AvgIpc) is 2.29. The summed E-state index contributed by atoms with van der Waals surface area (Å²) in [5, 5.41) is 11.6. The smallest absolute Gasteiger partial charge is 0.0378 e. The zero-order chi connectivity index (χ0) is 11.8. The summed E-state index contributed by atoms with van der Waals surface area (Å²) in [6, 6.07) is 0.450. The van der Waals surface area contributed by atoms with Crippen LogP contribution in [0.1, 0.15) is 71.6 Å². The lowest BCUT2D eigenvalue weighted by atomic mass is 9.85. The van der Waals surface area contributed by atoms with Crippen molar-refractivity contribution in [1.29, 1.82) is 0 Å². The Labute approximate surface area is 101 Å². The van der Waals surface area contributed by atoms with E-state index >= 15 is 0 Å². The number of hydrogen-bond donors (Lipinski definition) is 1. The second-order valence-electron chi connectivity index (χ2n) is 5.27. The summed E-state index contributed by atoms with van der Waals surface area (Å²) in [6.07, 6.45) is 11.5. The average molecular weight is 227 g/mol. The van der Waals surface area contributed by atoms with Crippen LogP contribution in [0.5, 0.6) is 0 Å². The van der Waals surface area contributed by atoms with Crippen molar-refractivity contribution in [2.75, 3.05) is 6.54 Å². The van der Waals surface area contributed by atoms with E-state index in [9.17, 15) is 5.21 Å². The van der Waals surface area contributed by atoms with Gasteiger partial charge < -0.3 is 5.21 Å². The summed E-state index contributed by atoms with van der Waals surface area (Å²) >= 11 is 0. The molecule has 0 aromatic rings. The van der Waals surface area contributed by atoms with Gasteiger partial charge in [-0.3, -0.25) is 0 Å². The molecule has 0 aromatic heterocycles. The van der Waals surface area contributed by atoms with Crippen LogP contribution < -0.4 is 0 Å². The summed E-state index contributed by atoms with van der Waals surface area (Å²) in [7, 11) is 0. The van der Waals surface area contributed by atoms with Gasteiger partial charge >= 0.3 is 0 Å². The first-order chi connectivity index (χ1) is 7.79. The van der Waals surface area contributed by atoms with Gasteiger partial charge in [-0.15, -0.1) is 0 Å². The van der Waals surface area contributed by atoms with Crippen LogP contribution in [0.2, 0.25) is 0 Å².